The van der Waals surface area contributed by atoms with Crippen LogP contribution < -0.4 is 4.90 Å². The van der Waals surface area contributed by atoms with E-state index >= 15 is 0 Å². The zero-order valence-electron chi connectivity index (χ0n) is 20.7. The Bertz CT molecular complexity index is 875. The predicted molar refractivity (Wildman–Crippen MR) is 122 cm³/mol. The van der Waals surface area contributed by atoms with Gasteiger partial charge >= 0.3 is 24.3 Å². The maximum Gasteiger partial charge on any atom is 0.490 e. The van der Waals surface area contributed by atoms with E-state index in [1.54, 1.807) is 0 Å². The zero-order chi connectivity index (χ0) is 28.6. The molecular weight excluding hydrogens is 528 g/mol. The van der Waals surface area contributed by atoms with E-state index in [4.69, 9.17) is 24.5 Å². The van der Waals surface area contributed by atoms with Crippen molar-refractivity contribution in [2.75, 3.05) is 57.8 Å². The number of ether oxygens (including phenoxy) is 1. The number of hydrogen-bond acceptors (Lipinski definition) is 8. The number of aliphatic carboxylic acids is 2. The molecule has 0 saturated carbocycles. The number of piperazine rings is 1. The van der Waals surface area contributed by atoms with Gasteiger partial charge in [0.1, 0.15) is 0 Å². The van der Waals surface area contributed by atoms with Crippen LogP contribution in [0.5, 0.6) is 0 Å². The van der Waals surface area contributed by atoms with Crippen molar-refractivity contribution in [1.29, 1.82) is 0 Å². The molecule has 1 aromatic rings. The molecule has 16 heteroatoms. The monoisotopic (exact) mass is 559 g/mol. The van der Waals surface area contributed by atoms with Gasteiger partial charge in [0.2, 0.25) is 5.95 Å². The van der Waals surface area contributed by atoms with Crippen LogP contribution in [0.3, 0.4) is 0 Å². The Morgan fingerprint density at radius 3 is 2.00 bits per heavy atom. The Labute approximate surface area is 215 Å². The molecule has 1 aromatic heterocycles. The number of carboxylic acid groups (broad SMARTS) is 2. The standard InChI is InChI=1S/C18H29N5O.2C2HF3O2/c1-21-10-12-22(13-11-21)14-16-4-2-5-18(24-16)6-9-23(15-18)17-19-7-3-8-20-17;2*3-2(4,5)1(6)7/h3,7-8,16H,2,4-6,9-15H2,1H3;2*(H,6,7)/t16-,18-;;/m1../s1. The molecule has 3 aliphatic rings. The maximum atomic E-state index is 10.6. The van der Waals surface area contributed by atoms with Crippen molar-refractivity contribution < 1.29 is 50.9 Å². The Morgan fingerprint density at radius 2 is 1.50 bits per heavy atom. The largest absolute Gasteiger partial charge is 0.490 e. The van der Waals surface area contributed by atoms with Gasteiger partial charge in [0, 0.05) is 58.2 Å². The van der Waals surface area contributed by atoms with Gasteiger partial charge in [0.25, 0.3) is 0 Å². The van der Waals surface area contributed by atoms with Gasteiger partial charge in [-0.2, -0.15) is 26.3 Å². The molecule has 10 nitrogen and oxygen atoms in total. The van der Waals surface area contributed by atoms with Crippen LogP contribution >= 0.6 is 0 Å². The normalized spacial score (nSPS) is 24.7. The first-order valence-corrected chi connectivity index (χ1v) is 11.8. The molecule has 216 valence electrons. The summed E-state index contributed by atoms with van der Waals surface area (Å²) >= 11 is 0. The second-order valence-corrected chi connectivity index (χ2v) is 9.25. The third kappa shape index (κ3) is 10.2. The van der Waals surface area contributed by atoms with Gasteiger partial charge in [-0.15, -0.1) is 0 Å². The molecule has 3 fully saturated rings. The minimum absolute atomic E-state index is 0.0225. The summed E-state index contributed by atoms with van der Waals surface area (Å²) in [6, 6.07) is 1.87. The van der Waals surface area contributed by atoms with Gasteiger partial charge in [-0.1, -0.05) is 0 Å². The smallest absolute Gasteiger partial charge is 0.475 e. The predicted octanol–water partition coefficient (Wildman–Crippen LogP) is 2.51. The van der Waals surface area contributed by atoms with Crippen LogP contribution in [0.4, 0.5) is 32.3 Å². The number of likely N-dealkylation sites (N-methyl/N-ethyl adjacent to an activating group) is 1. The van der Waals surface area contributed by atoms with Crippen molar-refractivity contribution in [2.24, 2.45) is 0 Å². The third-order valence-electron chi connectivity index (χ3n) is 6.27. The number of aromatic nitrogens is 2. The number of rotatable bonds is 3. The van der Waals surface area contributed by atoms with Crippen molar-refractivity contribution in [3.8, 4) is 0 Å². The molecule has 0 aliphatic carbocycles. The summed E-state index contributed by atoms with van der Waals surface area (Å²) in [5, 5.41) is 14.2. The summed E-state index contributed by atoms with van der Waals surface area (Å²) in [5.74, 6) is -4.67. The molecule has 1 spiro atoms. The molecule has 0 amide bonds. The average molecular weight is 560 g/mol. The van der Waals surface area contributed by atoms with Gasteiger partial charge < -0.3 is 24.7 Å². The van der Waals surface area contributed by atoms with Gasteiger partial charge in [0.15, 0.2) is 0 Å². The van der Waals surface area contributed by atoms with Crippen LogP contribution in [0, 0.1) is 0 Å². The van der Waals surface area contributed by atoms with E-state index in [1.807, 2.05) is 18.5 Å². The minimum atomic E-state index is -5.08. The summed E-state index contributed by atoms with van der Waals surface area (Å²) in [4.78, 5) is 33.9. The lowest BCUT2D eigenvalue weighted by Gasteiger charge is -2.41. The van der Waals surface area contributed by atoms with Crippen LogP contribution in [0.1, 0.15) is 25.7 Å². The Hall–Kier alpha value is -2.72. The number of hydrogen-bond donors (Lipinski definition) is 2. The number of halogens is 6. The molecule has 2 atom stereocenters. The Morgan fingerprint density at radius 1 is 0.974 bits per heavy atom. The first-order chi connectivity index (χ1) is 17.6. The van der Waals surface area contributed by atoms with E-state index in [9.17, 15) is 26.3 Å². The van der Waals surface area contributed by atoms with Crippen molar-refractivity contribution in [1.82, 2.24) is 19.8 Å². The molecule has 0 aromatic carbocycles. The average Bonchev–Trinajstić information content (AvgIpc) is 3.24. The van der Waals surface area contributed by atoms with E-state index < -0.39 is 24.3 Å². The second-order valence-electron chi connectivity index (χ2n) is 9.25. The van der Waals surface area contributed by atoms with Crippen molar-refractivity contribution in [3.63, 3.8) is 0 Å². The fourth-order valence-electron chi connectivity index (χ4n) is 4.34. The fraction of sp³-hybridized carbons (Fsp3) is 0.727. The highest BCUT2D eigenvalue weighted by atomic mass is 19.4. The van der Waals surface area contributed by atoms with Crippen molar-refractivity contribution >= 4 is 17.9 Å². The van der Waals surface area contributed by atoms with E-state index in [0.717, 1.165) is 32.0 Å². The SMILES string of the molecule is CN1CCN(C[C@H]2CCC[C@]3(CCN(c4ncccn4)C3)O2)CC1.O=C(O)C(F)(F)F.O=C(O)C(F)(F)F. The summed E-state index contributed by atoms with van der Waals surface area (Å²) in [5.41, 5.74) is 0.0225. The zero-order valence-corrected chi connectivity index (χ0v) is 20.7. The van der Waals surface area contributed by atoms with Crippen LogP contribution in [0.15, 0.2) is 18.5 Å². The molecule has 38 heavy (non-hydrogen) atoms. The van der Waals surface area contributed by atoms with Crippen LogP contribution in [0.2, 0.25) is 0 Å². The number of anilines is 1. The summed E-state index contributed by atoms with van der Waals surface area (Å²) in [6.07, 6.45) is -1.37. The Kier molecular flexibility index (Phi) is 11.1. The second kappa shape index (κ2) is 13.4. The van der Waals surface area contributed by atoms with Gasteiger partial charge in [-0.25, -0.2) is 19.6 Å². The quantitative estimate of drug-likeness (QED) is 0.535. The third-order valence-corrected chi connectivity index (χ3v) is 6.27. The van der Waals surface area contributed by atoms with E-state index in [0.29, 0.717) is 6.10 Å². The minimum Gasteiger partial charge on any atom is -0.475 e. The summed E-state index contributed by atoms with van der Waals surface area (Å²) in [6.45, 7) is 7.74. The van der Waals surface area contributed by atoms with E-state index in [2.05, 4.69) is 31.7 Å². The van der Waals surface area contributed by atoms with Crippen LogP contribution in [0.25, 0.3) is 0 Å². The topological polar surface area (TPSA) is 119 Å². The molecule has 2 N–H and O–H groups in total. The summed E-state index contributed by atoms with van der Waals surface area (Å²) in [7, 11) is 2.21. The lowest BCUT2D eigenvalue weighted by Crippen LogP contribution is -2.51. The van der Waals surface area contributed by atoms with Crippen molar-refractivity contribution in [2.45, 2.75) is 49.7 Å². The molecule has 4 rings (SSSR count). The number of alkyl halides is 6. The molecule has 4 heterocycles. The fourth-order valence-corrected chi connectivity index (χ4v) is 4.34. The Balaban J connectivity index is 0.000000301. The van der Waals surface area contributed by atoms with Gasteiger partial charge in [-0.05, 0) is 38.8 Å². The number of carbonyl (C=O) groups is 2. The number of carboxylic acids is 2. The molecule has 0 radical (unpaired) electrons. The number of nitrogens with zero attached hydrogens (tertiary/aromatic N) is 5. The van der Waals surface area contributed by atoms with Crippen molar-refractivity contribution in [3.05, 3.63) is 18.5 Å². The lowest BCUT2D eigenvalue weighted by molar-refractivity contribution is -0.193. The maximum absolute atomic E-state index is 10.6. The van der Waals surface area contributed by atoms with Gasteiger partial charge in [-0.3, -0.25) is 4.90 Å². The highest BCUT2D eigenvalue weighted by molar-refractivity contribution is 5.73. The lowest BCUT2D eigenvalue weighted by atomic mass is 9.90. The molecule has 0 unspecified atom stereocenters. The van der Waals surface area contributed by atoms with Crippen LogP contribution in [-0.2, 0) is 14.3 Å². The molecule has 3 aliphatic heterocycles. The molecular formula is C22H31F6N5O5. The first kappa shape index (κ1) is 31.5. The highest BCUT2D eigenvalue weighted by Gasteiger charge is 2.44. The molecule has 0 bridgehead atoms. The summed E-state index contributed by atoms with van der Waals surface area (Å²) < 4.78 is 70.1. The van der Waals surface area contributed by atoms with Crippen LogP contribution in [-0.4, -0.2) is 119 Å². The highest BCUT2D eigenvalue weighted by Crippen LogP contribution is 2.37. The van der Waals surface area contributed by atoms with E-state index in [1.165, 1.54) is 45.4 Å². The molecule has 3 saturated heterocycles. The first-order valence-electron chi connectivity index (χ1n) is 11.8. The van der Waals surface area contributed by atoms with Gasteiger partial charge in [0.05, 0.1) is 11.7 Å². The van der Waals surface area contributed by atoms with E-state index in [-0.39, 0.29) is 5.60 Å².